The minimum atomic E-state index is -0.577. The number of nitro benzene ring substituents is 1. The zero-order chi connectivity index (χ0) is 25.8. The lowest BCUT2D eigenvalue weighted by Gasteiger charge is -2.37. The number of amides is 2. The van der Waals surface area contributed by atoms with E-state index in [1.54, 1.807) is 11.3 Å². The van der Waals surface area contributed by atoms with E-state index in [-0.39, 0.29) is 47.9 Å². The standard InChI is InChI=1S/C26H26ClN3O5S/c1-17-3-5-18(6-4-17)25-21-10-14-36-23(21)9-11-29(25)24(31)16-28(12-13-35-2)26(32)20-8-7-19(30(33)34)15-22(20)27/h3-8,10,14-15,25H,9,11-13,16H2,1-2H3. The van der Waals surface area contributed by atoms with E-state index in [0.29, 0.717) is 6.54 Å². The summed E-state index contributed by atoms with van der Waals surface area (Å²) >= 11 is 7.90. The summed E-state index contributed by atoms with van der Waals surface area (Å²) in [5, 5.41) is 13.1. The summed E-state index contributed by atoms with van der Waals surface area (Å²) in [6.45, 7) is 2.78. The number of methoxy groups -OCH3 is 1. The molecule has 0 fully saturated rings. The van der Waals surface area contributed by atoms with Gasteiger partial charge >= 0.3 is 0 Å². The number of nitro groups is 1. The lowest BCUT2D eigenvalue weighted by atomic mass is 9.92. The molecule has 1 aliphatic rings. The third kappa shape index (κ3) is 5.43. The fourth-order valence-electron chi connectivity index (χ4n) is 4.36. The number of aryl methyl sites for hydroxylation is 1. The molecule has 1 unspecified atom stereocenters. The topological polar surface area (TPSA) is 93.0 Å². The predicted molar refractivity (Wildman–Crippen MR) is 139 cm³/mol. The number of benzene rings is 2. The van der Waals surface area contributed by atoms with Gasteiger partial charge in [-0.25, -0.2) is 0 Å². The predicted octanol–water partition coefficient (Wildman–Crippen LogP) is 4.88. The van der Waals surface area contributed by atoms with E-state index in [4.69, 9.17) is 16.3 Å². The van der Waals surface area contributed by atoms with Crippen molar-refractivity contribution in [3.8, 4) is 0 Å². The van der Waals surface area contributed by atoms with Gasteiger partial charge in [-0.2, -0.15) is 0 Å². The summed E-state index contributed by atoms with van der Waals surface area (Å²) in [4.78, 5) is 42.0. The molecule has 4 rings (SSSR count). The Morgan fingerprint density at radius 3 is 2.64 bits per heavy atom. The van der Waals surface area contributed by atoms with Gasteiger partial charge in [0, 0.05) is 37.2 Å². The van der Waals surface area contributed by atoms with Crippen molar-refractivity contribution in [2.24, 2.45) is 0 Å². The first-order valence-corrected chi connectivity index (χ1v) is 12.7. The van der Waals surface area contributed by atoms with Crippen LogP contribution in [-0.2, 0) is 16.0 Å². The van der Waals surface area contributed by atoms with Crippen molar-refractivity contribution in [2.45, 2.75) is 19.4 Å². The van der Waals surface area contributed by atoms with Gasteiger partial charge in [0.25, 0.3) is 11.6 Å². The van der Waals surface area contributed by atoms with Crippen LogP contribution in [0.2, 0.25) is 5.02 Å². The summed E-state index contributed by atoms with van der Waals surface area (Å²) in [5.41, 5.74) is 3.14. The number of rotatable bonds is 8. The molecule has 0 saturated carbocycles. The maximum atomic E-state index is 13.7. The van der Waals surface area contributed by atoms with Gasteiger partial charge in [0.15, 0.2) is 0 Å². The first kappa shape index (κ1) is 25.8. The van der Waals surface area contributed by atoms with E-state index >= 15 is 0 Å². The SMILES string of the molecule is COCCN(CC(=O)N1CCc2sccc2C1c1ccc(C)cc1)C(=O)c1ccc([N+](=O)[O-])cc1Cl. The molecule has 0 radical (unpaired) electrons. The molecule has 10 heteroatoms. The molecule has 2 aromatic carbocycles. The summed E-state index contributed by atoms with van der Waals surface area (Å²) in [5.74, 6) is -0.680. The van der Waals surface area contributed by atoms with Crippen molar-refractivity contribution >= 4 is 40.4 Å². The number of hydrogen-bond donors (Lipinski definition) is 0. The Labute approximate surface area is 218 Å². The summed E-state index contributed by atoms with van der Waals surface area (Å²) in [7, 11) is 1.51. The maximum Gasteiger partial charge on any atom is 0.270 e. The van der Waals surface area contributed by atoms with Crippen molar-refractivity contribution in [1.29, 1.82) is 0 Å². The molecule has 2 amide bonds. The zero-order valence-electron chi connectivity index (χ0n) is 20.0. The van der Waals surface area contributed by atoms with E-state index in [2.05, 4.69) is 6.07 Å². The third-order valence-corrected chi connectivity index (χ3v) is 7.56. The van der Waals surface area contributed by atoms with E-state index in [9.17, 15) is 19.7 Å². The van der Waals surface area contributed by atoms with E-state index in [1.807, 2.05) is 41.5 Å². The van der Waals surface area contributed by atoms with Gasteiger partial charge in [0.2, 0.25) is 5.91 Å². The smallest absolute Gasteiger partial charge is 0.270 e. The molecule has 0 saturated heterocycles. The number of hydrogen-bond acceptors (Lipinski definition) is 6. The molecule has 1 aromatic heterocycles. The molecular weight excluding hydrogens is 502 g/mol. The highest BCUT2D eigenvalue weighted by atomic mass is 35.5. The van der Waals surface area contributed by atoms with Crippen LogP contribution in [0.1, 0.15) is 38.0 Å². The second-order valence-corrected chi connectivity index (χ2v) is 10.00. The molecule has 36 heavy (non-hydrogen) atoms. The number of ether oxygens (including phenoxy) is 1. The Bertz CT molecular complexity index is 1280. The van der Waals surface area contributed by atoms with E-state index in [1.165, 1.54) is 29.0 Å². The molecule has 2 heterocycles. The molecule has 8 nitrogen and oxygen atoms in total. The molecule has 1 aliphatic heterocycles. The molecule has 0 aliphatic carbocycles. The molecule has 188 valence electrons. The van der Waals surface area contributed by atoms with Crippen molar-refractivity contribution in [3.05, 3.63) is 96.2 Å². The quantitative estimate of drug-likeness (QED) is 0.307. The Kier molecular flexibility index (Phi) is 8.03. The lowest BCUT2D eigenvalue weighted by Crippen LogP contribution is -2.47. The van der Waals surface area contributed by atoms with Crippen molar-refractivity contribution in [1.82, 2.24) is 9.80 Å². The molecule has 3 aromatic rings. The van der Waals surface area contributed by atoms with E-state index < -0.39 is 10.8 Å². The number of halogens is 1. The van der Waals surface area contributed by atoms with Crippen LogP contribution in [0, 0.1) is 17.0 Å². The highest BCUT2D eigenvalue weighted by Crippen LogP contribution is 2.38. The Morgan fingerprint density at radius 1 is 1.22 bits per heavy atom. The van der Waals surface area contributed by atoms with Crippen molar-refractivity contribution in [2.75, 3.05) is 33.4 Å². The minimum absolute atomic E-state index is 0.0394. The highest BCUT2D eigenvalue weighted by molar-refractivity contribution is 7.10. The number of carbonyl (C=O) groups is 2. The first-order valence-electron chi connectivity index (χ1n) is 11.4. The van der Waals surface area contributed by atoms with Gasteiger partial charge in [0.1, 0.15) is 6.54 Å². The van der Waals surface area contributed by atoms with Gasteiger partial charge in [-0.3, -0.25) is 19.7 Å². The minimum Gasteiger partial charge on any atom is -0.383 e. The van der Waals surface area contributed by atoms with Crippen LogP contribution in [0.5, 0.6) is 0 Å². The second-order valence-electron chi connectivity index (χ2n) is 8.59. The van der Waals surface area contributed by atoms with Crippen molar-refractivity contribution in [3.63, 3.8) is 0 Å². The van der Waals surface area contributed by atoms with Gasteiger partial charge < -0.3 is 14.5 Å². The van der Waals surface area contributed by atoms with Crippen LogP contribution in [0.15, 0.2) is 53.9 Å². The van der Waals surface area contributed by atoms with Gasteiger partial charge in [-0.05, 0) is 42.0 Å². The Balaban J connectivity index is 1.61. The largest absolute Gasteiger partial charge is 0.383 e. The second kappa shape index (κ2) is 11.2. The van der Waals surface area contributed by atoms with Crippen LogP contribution in [0.3, 0.4) is 0 Å². The summed E-state index contributed by atoms with van der Waals surface area (Å²) in [6, 6.07) is 13.7. The fourth-order valence-corrected chi connectivity index (χ4v) is 5.52. The summed E-state index contributed by atoms with van der Waals surface area (Å²) in [6.07, 6.45) is 0.751. The van der Waals surface area contributed by atoms with Crippen LogP contribution in [-0.4, -0.2) is 59.9 Å². The molecule has 0 spiro atoms. The average molecular weight is 528 g/mol. The first-order chi connectivity index (χ1) is 17.3. The van der Waals surface area contributed by atoms with Crippen LogP contribution >= 0.6 is 22.9 Å². The zero-order valence-corrected chi connectivity index (χ0v) is 21.6. The summed E-state index contributed by atoms with van der Waals surface area (Å²) < 4.78 is 5.16. The number of non-ortho nitro benzene ring substituents is 1. The molecule has 0 N–H and O–H groups in total. The fraction of sp³-hybridized carbons (Fsp3) is 0.308. The Hall–Kier alpha value is -3.27. The van der Waals surface area contributed by atoms with E-state index in [0.717, 1.165) is 29.2 Å². The molecule has 0 bridgehead atoms. The Morgan fingerprint density at radius 2 is 1.97 bits per heavy atom. The molecular formula is C26H26ClN3O5S. The lowest BCUT2D eigenvalue weighted by molar-refractivity contribution is -0.384. The monoisotopic (exact) mass is 527 g/mol. The maximum absolute atomic E-state index is 13.7. The third-order valence-electron chi connectivity index (χ3n) is 6.25. The number of fused-ring (bicyclic) bond motifs is 1. The van der Waals surface area contributed by atoms with Gasteiger partial charge in [0.05, 0.1) is 28.2 Å². The number of thiophene rings is 1. The molecule has 1 atom stereocenters. The van der Waals surface area contributed by atoms with Crippen LogP contribution in [0.25, 0.3) is 0 Å². The van der Waals surface area contributed by atoms with Crippen LogP contribution in [0.4, 0.5) is 5.69 Å². The van der Waals surface area contributed by atoms with Crippen LogP contribution < -0.4 is 0 Å². The highest BCUT2D eigenvalue weighted by Gasteiger charge is 2.34. The number of nitrogens with zero attached hydrogens (tertiary/aromatic N) is 3. The van der Waals surface area contributed by atoms with Gasteiger partial charge in [-0.1, -0.05) is 41.4 Å². The normalized spacial score (nSPS) is 14.9. The van der Waals surface area contributed by atoms with Gasteiger partial charge in [-0.15, -0.1) is 11.3 Å². The van der Waals surface area contributed by atoms with Crippen molar-refractivity contribution < 1.29 is 19.2 Å². The average Bonchev–Trinajstić information content (AvgIpc) is 3.35. The number of carbonyl (C=O) groups excluding carboxylic acids is 2.